The number of anilines is 1. The van der Waals surface area contributed by atoms with Crippen LogP contribution in [0.2, 0.25) is 0 Å². The smallest absolute Gasteiger partial charge is 0.264 e. The van der Waals surface area contributed by atoms with Gasteiger partial charge in [0.2, 0.25) is 0 Å². The molecule has 0 saturated carbocycles. The Morgan fingerprint density at radius 3 is 2.21 bits per heavy atom. The second kappa shape index (κ2) is 11.0. The Kier molecular flexibility index (Phi) is 7.33. The maximum atomic E-state index is 13.9. The number of amides is 1. The number of ether oxygens (including phenoxy) is 2. The van der Waals surface area contributed by atoms with Crippen LogP contribution in [0.15, 0.2) is 108 Å². The predicted octanol–water partition coefficient (Wildman–Crippen LogP) is 5.34. The Morgan fingerprint density at radius 2 is 1.47 bits per heavy atom. The second-order valence-corrected chi connectivity index (χ2v) is 10.8. The molecule has 1 aliphatic heterocycles. The number of fused-ring (bicyclic) bond motifs is 1. The summed E-state index contributed by atoms with van der Waals surface area (Å²) in [6.07, 6.45) is 0. The van der Waals surface area contributed by atoms with Gasteiger partial charge in [-0.15, -0.1) is 0 Å². The first-order chi connectivity index (χ1) is 18.4. The van der Waals surface area contributed by atoms with E-state index in [2.05, 4.69) is 5.32 Å². The number of nitrogens with zero attached hydrogens (tertiary/aromatic N) is 1. The van der Waals surface area contributed by atoms with Crippen LogP contribution in [0.4, 0.5) is 5.69 Å². The topological polar surface area (TPSA) is 84.9 Å². The molecule has 7 nitrogen and oxygen atoms in total. The third kappa shape index (κ3) is 5.35. The molecule has 0 radical (unpaired) electrons. The van der Waals surface area contributed by atoms with E-state index in [0.29, 0.717) is 30.4 Å². The second-order valence-electron chi connectivity index (χ2n) is 8.93. The monoisotopic (exact) mass is 528 g/mol. The fraction of sp³-hybridized carbons (Fsp3) is 0.167. The van der Waals surface area contributed by atoms with Crippen LogP contribution < -0.4 is 19.1 Å². The molecule has 0 unspecified atom stereocenters. The van der Waals surface area contributed by atoms with Crippen molar-refractivity contribution >= 4 is 21.6 Å². The molecule has 1 aliphatic rings. The summed E-state index contributed by atoms with van der Waals surface area (Å²) >= 11 is 0. The summed E-state index contributed by atoms with van der Waals surface area (Å²) in [5, 5.41) is 3.01. The van der Waals surface area contributed by atoms with E-state index < -0.39 is 10.0 Å². The molecule has 1 amide bonds. The van der Waals surface area contributed by atoms with Gasteiger partial charge in [-0.1, -0.05) is 66.7 Å². The summed E-state index contributed by atoms with van der Waals surface area (Å²) in [6, 6.07) is 29.5. The van der Waals surface area contributed by atoms with Gasteiger partial charge in [-0.05, 0) is 54.4 Å². The maximum Gasteiger partial charge on any atom is 0.264 e. The fourth-order valence-electron chi connectivity index (χ4n) is 4.34. The van der Waals surface area contributed by atoms with E-state index in [4.69, 9.17) is 9.47 Å². The number of carbonyl (C=O) groups excluding carboxylic acids is 1. The normalized spacial score (nSPS) is 13.4. The van der Waals surface area contributed by atoms with E-state index >= 15 is 0 Å². The van der Waals surface area contributed by atoms with E-state index in [9.17, 15) is 13.2 Å². The van der Waals surface area contributed by atoms with Crippen molar-refractivity contribution in [2.75, 3.05) is 17.5 Å². The largest absolute Gasteiger partial charge is 0.486 e. The molecular formula is C30H28N2O5S. The van der Waals surface area contributed by atoms with Crippen LogP contribution in [0.5, 0.6) is 11.5 Å². The molecule has 0 saturated heterocycles. The average Bonchev–Trinajstić information content (AvgIpc) is 2.96. The van der Waals surface area contributed by atoms with Crippen molar-refractivity contribution in [2.24, 2.45) is 0 Å². The van der Waals surface area contributed by atoms with Crippen LogP contribution in [0.3, 0.4) is 0 Å². The van der Waals surface area contributed by atoms with Crippen molar-refractivity contribution in [3.8, 4) is 11.5 Å². The molecule has 4 aromatic rings. The van der Waals surface area contributed by atoms with Gasteiger partial charge in [0.15, 0.2) is 11.5 Å². The molecule has 5 rings (SSSR count). The third-order valence-electron chi connectivity index (χ3n) is 6.33. The molecule has 8 heteroatoms. The minimum absolute atomic E-state index is 0.0695. The molecule has 38 heavy (non-hydrogen) atoms. The van der Waals surface area contributed by atoms with Crippen molar-refractivity contribution < 1.29 is 22.7 Å². The van der Waals surface area contributed by atoms with Crippen LogP contribution in [-0.2, 0) is 16.6 Å². The quantitative estimate of drug-likeness (QED) is 0.334. The van der Waals surface area contributed by atoms with Gasteiger partial charge in [-0.3, -0.25) is 9.10 Å². The van der Waals surface area contributed by atoms with Crippen molar-refractivity contribution in [1.82, 2.24) is 5.32 Å². The zero-order chi connectivity index (χ0) is 26.5. The molecule has 194 valence electrons. The Balaban J connectivity index is 1.48. The molecular weight excluding hydrogens is 500 g/mol. The van der Waals surface area contributed by atoms with Crippen LogP contribution >= 0.6 is 0 Å². The third-order valence-corrected chi connectivity index (χ3v) is 8.11. The van der Waals surface area contributed by atoms with Gasteiger partial charge in [0, 0.05) is 0 Å². The maximum absolute atomic E-state index is 13.9. The fourth-order valence-corrected chi connectivity index (χ4v) is 5.83. The van der Waals surface area contributed by atoms with E-state index in [0.717, 1.165) is 11.1 Å². The first-order valence-corrected chi connectivity index (χ1v) is 13.8. The highest BCUT2D eigenvalue weighted by Crippen LogP contribution is 2.33. The van der Waals surface area contributed by atoms with Gasteiger partial charge in [-0.25, -0.2) is 8.42 Å². The lowest BCUT2D eigenvalue weighted by atomic mass is 10.1. The SMILES string of the molecule is C[C@H](NC(=O)c1ccccc1N(Cc1ccccc1)S(=O)(=O)c1ccccc1)c1ccc2c(c1)OCCO2. The summed E-state index contributed by atoms with van der Waals surface area (Å²) in [4.78, 5) is 13.7. The van der Waals surface area contributed by atoms with Crippen LogP contribution in [0.25, 0.3) is 0 Å². The minimum atomic E-state index is -3.98. The number of carbonyl (C=O) groups is 1. The Labute approximate surface area is 222 Å². The summed E-state index contributed by atoms with van der Waals surface area (Å²) in [6.45, 7) is 2.91. The van der Waals surface area contributed by atoms with Crippen LogP contribution in [-0.4, -0.2) is 27.5 Å². The van der Waals surface area contributed by atoms with Gasteiger partial charge in [-0.2, -0.15) is 0 Å². The number of rotatable bonds is 8. The van der Waals surface area contributed by atoms with E-state index in [1.54, 1.807) is 54.6 Å². The summed E-state index contributed by atoms with van der Waals surface area (Å²) < 4.78 is 40.3. The number of para-hydroxylation sites is 1. The Hall–Kier alpha value is -4.30. The van der Waals surface area contributed by atoms with Gasteiger partial charge in [0.1, 0.15) is 13.2 Å². The molecule has 4 aromatic carbocycles. The van der Waals surface area contributed by atoms with Crippen molar-refractivity contribution in [1.29, 1.82) is 0 Å². The van der Waals surface area contributed by atoms with Crippen molar-refractivity contribution in [3.05, 3.63) is 120 Å². The first kappa shape index (κ1) is 25.4. The van der Waals surface area contributed by atoms with Crippen LogP contribution in [0, 0.1) is 0 Å². The van der Waals surface area contributed by atoms with Gasteiger partial charge in [0.05, 0.1) is 28.7 Å². The number of hydrogen-bond donors (Lipinski definition) is 1. The lowest BCUT2D eigenvalue weighted by Gasteiger charge is -2.27. The highest BCUT2D eigenvalue weighted by atomic mass is 32.2. The Morgan fingerprint density at radius 1 is 0.842 bits per heavy atom. The predicted molar refractivity (Wildman–Crippen MR) is 146 cm³/mol. The average molecular weight is 529 g/mol. The Bertz CT molecular complexity index is 1530. The van der Waals surface area contributed by atoms with E-state index in [1.807, 2.05) is 55.5 Å². The van der Waals surface area contributed by atoms with Gasteiger partial charge < -0.3 is 14.8 Å². The highest BCUT2D eigenvalue weighted by molar-refractivity contribution is 7.92. The van der Waals surface area contributed by atoms with E-state index in [1.165, 1.54) is 4.31 Å². The molecule has 1 heterocycles. The molecule has 0 bridgehead atoms. The molecule has 0 aromatic heterocycles. The van der Waals surface area contributed by atoms with Gasteiger partial charge >= 0.3 is 0 Å². The van der Waals surface area contributed by atoms with Crippen molar-refractivity contribution in [2.45, 2.75) is 24.4 Å². The molecule has 0 aliphatic carbocycles. The minimum Gasteiger partial charge on any atom is -0.486 e. The number of sulfonamides is 1. The summed E-state index contributed by atoms with van der Waals surface area (Å²) in [5.41, 5.74) is 2.20. The molecule has 0 fully saturated rings. The standard InChI is InChI=1S/C30H28N2O5S/c1-22(24-16-17-28-29(20-24)37-19-18-36-28)31-30(33)26-14-8-9-15-27(26)32(21-23-10-4-2-5-11-23)38(34,35)25-12-6-3-7-13-25/h2-17,20,22H,18-19,21H2,1H3,(H,31,33)/t22-/m0/s1. The number of nitrogens with one attached hydrogen (secondary N) is 1. The van der Waals surface area contributed by atoms with Crippen molar-refractivity contribution in [3.63, 3.8) is 0 Å². The molecule has 1 N–H and O–H groups in total. The highest BCUT2D eigenvalue weighted by Gasteiger charge is 2.29. The summed E-state index contributed by atoms with van der Waals surface area (Å²) in [5.74, 6) is 0.925. The lowest BCUT2D eigenvalue weighted by molar-refractivity contribution is 0.0940. The summed E-state index contributed by atoms with van der Waals surface area (Å²) in [7, 11) is -3.98. The van der Waals surface area contributed by atoms with E-state index in [-0.39, 0.29) is 29.0 Å². The first-order valence-electron chi connectivity index (χ1n) is 12.3. The molecule has 0 spiro atoms. The zero-order valence-corrected chi connectivity index (χ0v) is 21.7. The zero-order valence-electron chi connectivity index (χ0n) is 20.9. The number of benzene rings is 4. The van der Waals surface area contributed by atoms with Crippen LogP contribution in [0.1, 0.15) is 34.5 Å². The van der Waals surface area contributed by atoms with Gasteiger partial charge in [0.25, 0.3) is 15.9 Å². The number of hydrogen-bond acceptors (Lipinski definition) is 5. The lowest BCUT2D eigenvalue weighted by Crippen LogP contribution is -2.34. The molecule has 1 atom stereocenters.